The van der Waals surface area contributed by atoms with Crippen LogP contribution in [0.4, 0.5) is 5.69 Å². The lowest BCUT2D eigenvalue weighted by Gasteiger charge is -2.24. The monoisotopic (exact) mass is 260 g/mol. The molecule has 1 aliphatic rings. The fraction of sp³-hybridized carbons (Fsp3) is 0.533. The predicted molar refractivity (Wildman–Crippen MR) is 73.8 cm³/mol. The Hall–Kier alpha value is -1.57. The van der Waals surface area contributed by atoms with E-state index < -0.39 is 6.29 Å². The number of hydrogen-bond acceptors (Lipinski definition) is 4. The van der Waals surface area contributed by atoms with Crippen molar-refractivity contribution < 1.29 is 9.84 Å². The van der Waals surface area contributed by atoms with Gasteiger partial charge in [-0.2, -0.15) is 5.26 Å². The Balaban J connectivity index is 2.32. The number of nitriles is 1. The first-order valence-electron chi connectivity index (χ1n) is 6.80. The third-order valence-corrected chi connectivity index (χ3v) is 3.41. The molecule has 0 spiro atoms. The van der Waals surface area contributed by atoms with Crippen LogP contribution in [0.3, 0.4) is 0 Å². The summed E-state index contributed by atoms with van der Waals surface area (Å²) in [6.45, 7) is 4.36. The number of aliphatic hydroxyl groups is 1. The highest BCUT2D eigenvalue weighted by molar-refractivity contribution is 5.56. The van der Waals surface area contributed by atoms with Gasteiger partial charge in [0.15, 0.2) is 6.29 Å². The van der Waals surface area contributed by atoms with E-state index in [9.17, 15) is 5.11 Å². The Bertz CT molecular complexity index is 462. The van der Waals surface area contributed by atoms with Crippen molar-refractivity contribution in [2.45, 2.75) is 32.5 Å². The van der Waals surface area contributed by atoms with E-state index in [1.54, 1.807) is 0 Å². The minimum Gasteiger partial charge on any atom is -0.371 e. The predicted octanol–water partition coefficient (Wildman–Crippen LogP) is 2.38. The van der Waals surface area contributed by atoms with Gasteiger partial charge in [-0.1, -0.05) is 6.07 Å². The minimum absolute atomic E-state index is 0.353. The first-order chi connectivity index (χ1) is 9.26. The van der Waals surface area contributed by atoms with Gasteiger partial charge in [0.25, 0.3) is 0 Å². The molecule has 0 radical (unpaired) electrons. The zero-order valence-electron chi connectivity index (χ0n) is 11.3. The molecule has 1 fully saturated rings. The van der Waals surface area contributed by atoms with Crippen molar-refractivity contribution in [2.75, 3.05) is 24.6 Å². The molecule has 19 heavy (non-hydrogen) atoms. The summed E-state index contributed by atoms with van der Waals surface area (Å²) in [6.07, 6.45) is 1.81. The molecule has 4 heteroatoms. The Morgan fingerprint density at radius 1 is 1.42 bits per heavy atom. The van der Waals surface area contributed by atoms with Crippen molar-refractivity contribution in [3.63, 3.8) is 0 Å². The molecule has 1 atom stereocenters. The summed E-state index contributed by atoms with van der Waals surface area (Å²) in [7, 11) is 0. The number of rotatable bonds is 5. The van der Waals surface area contributed by atoms with E-state index >= 15 is 0 Å². The molecule has 4 nitrogen and oxygen atoms in total. The van der Waals surface area contributed by atoms with Crippen LogP contribution < -0.4 is 4.90 Å². The van der Waals surface area contributed by atoms with Crippen LogP contribution in [0.2, 0.25) is 0 Å². The van der Waals surface area contributed by atoms with Crippen molar-refractivity contribution in [3.05, 3.63) is 29.3 Å². The van der Waals surface area contributed by atoms with E-state index in [-0.39, 0.29) is 0 Å². The van der Waals surface area contributed by atoms with Gasteiger partial charge in [-0.3, -0.25) is 0 Å². The van der Waals surface area contributed by atoms with Crippen molar-refractivity contribution in [1.29, 1.82) is 5.26 Å². The summed E-state index contributed by atoms with van der Waals surface area (Å²) in [5.74, 6) is 0. The average molecular weight is 260 g/mol. The van der Waals surface area contributed by atoms with Crippen LogP contribution in [0.1, 0.15) is 37.2 Å². The lowest BCUT2D eigenvalue weighted by molar-refractivity contribution is -0.0976. The molecule has 0 saturated carbocycles. The summed E-state index contributed by atoms with van der Waals surface area (Å²) in [5.41, 5.74) is 2.72. The van der Waals surface area contributed by atoms with E-state index in [1.165, 1.54) is 12.8 Å². The second-order valence-corrected chi connectivity index (χ2v) is 4.73. The molecule has 1 unspecified atom stereocenters. The lowest BCUT2D eigenvalue weighted by atomic mass is 10.1. The average Bonchev–Trinajstić information content (AvgIpc) is 2.93. The Morgan fingerprint density at radius 3 is 2.79 bits per heavy atom. The van der Waals surface area contributed by atoms with Gasteiger partial charge in [0, 0.05) is 30.9 Å². The largest absolute Gasteiger partial charge is 0.371 e. The van der Waals surface area contributed by atoms with Crippen LogP contribution in [-0.2, 0) is 11.2 Å². The number of ether oxygens (including phenoxy) is 1. The normalized spacial score (nSPS) is 16.4. The molecule has 0 bridgehead atoms. The molecule has 0 aliphatic carbocycles. The van der Waals surface area contributed by atoms with Crippen molar-refractivity contribution in [1.82, 2.24) is 0 Å². The van der Waals surface area contributed by atoms with Crippen molar-refractivity contribution in [2.24, 2.45) is 0 Å². The summed E-state index contributed by atoms with van der Waals surface area (Å²) < 4.78 is 5.31. The maximum atomic E-state index is 10.1. The Kier molecular flexibility index (Phi) is 4.78. The zero-order valence-corrected chi connectivity index (χ0v) is 11.3. The fourth-order valence-electron chi connectivity index (χ4n) is 2.50. The first-order valence-corrected chi connectivity index (χ1v) is 6.80. The molecule has 1 N–H and O–H groups in total. The summed E-state index contributed by atoms with van der Waals surface area (Å²) in [6, 6.07) is 7.97. The van der Waals surface area contributed by atoms with Crippen LogP contribution in [0.25, 0.3) is 0 Å². The van der Waals surface area contributed by atoms with Crippen molar-refractivity contribution in [3.8, 4) is 6.07 Å². The number of anilines is 1. The molecule has 0 amide bonds. The molecule has 1 aliphatic heterocycles. The first kappa shape index (κ1) is 13.9. The van der Waals surface area contributed by atoms with Crippen molar-refractivity contribution >= 4 is 5.69 Å². The van der Waals surface area contributed by atoms with Crippen LogP contribution in [-0.4, -0.2) is 24.8 Å². The maximum Gasteiger partial charge on any atom is 0.183 e. The van der Waals surface area contributed by atoms with E-state index in [4.69, 9.17) is 10.00 Å². The van der Waals surface area contributed by atoms with Gasteiger partial charge in [0.2, 0.25) is 0 Å². The summed E-state index contributed by atoms with van der Waals surface area (Å²) in [4.78, 5) is 2.27. The molecule has 1 heterocycles. The minimum atomic E-state index is -0.917. The van der Waals surface area contributed by atoms with Crippen LogP contribution in [0.15, 0.2) is 18.2 Å². The second kappa shape index (κ2) is 6.55. The SMILES string of the molecule is CCOC(O)c1cc(CC#N)ccc1N1CCCC1. The fourth-order valence-corrected chi connectivity index (χ4v) is 2.50. The zero-order chi connectivity index (χ0) is 13.7. The standard InChI is InChI=1S/C15H20N2O2/c1-2-19-15(18)13-11-12(7-8-16)5-6-14(13)17-9-3-4-10-17/h5-6,11,15,18H,2-4,7,9-10H2,1H3. The number of aliphatic hydroxyl groups excluding tert-OH is 1. The maximum absolute atomic E-state index is 10.1. The smallest absolute Gasteiger partial charge is 0.183 e. The molecule has 102 valence electrons. The highest BCUT2D eigenvalue weighted by Gasteiger charge is 2.20. The van der Waals surface area contributed by atoms with Gasteiger partial charge in [-0.15, -0.1) is 0 Å². The Morgan fingerprint density at radius 2 is 2.16 bits per heavy atom. The number of nitrogens with zero attached hydrogens (tertiary/aromatic N) is 2. The van der Waals surface area contributed by atoms with Gasteiger partial charge in [0.05, 0.1) is 12.5 Å². The van der Waals surface area contributed by atoms with Gasteiger partial charge in [-0.25, -0.2) is 0 Å². The quantitative estimate of drug-likeness (QED) is 0.826. The molecule has 1 saturated heterocycles. The van der Waals surface area contributed by atoms with Gasteiger partial charge in [-0.05, 0) is 37.5 Å². The highest BCUT2D eigenvalue weighted by atomic mass is 16.6. The molecule has 2 rings (SSSR count). The number of benzene rings is 1. The third-order valence-electron chi connectivity index (χ3n) is 3.41. The second-order valence-electron chi connectivity index (χ2n) is 4.73. The van der Waals surface area contributed by atoms with Crippen LogP contribution in [0.5, 0.6) is 0 Å². The number of hydrogen-bond donors (Lipinski definition) is 1. The van der Waals surface area contributed by atoms with Crippen LogP contribution in [0, 0.1) is 11.3 Å². The van der Waals surface area contributed by atoms with Gasteiger partial charge < -0.3 is 14.7 Å². The third kappa shape index (κ3) is 3.25. The van der Waals surface area contributed by atoms with E-state index in [0.29, 0.717) is 13.0 Å². The molecule has 0 aromatic heterocycles. The van der Waals surface area contributed by atoms with Gasteiger partial charge >= 0.3 is 0 Å². The van der Waals surface area contributed by atoms with E-state index in [1.807, 2.05) is 25.1 Å². The van der Waals surface area contributed by atoms with Crippen LogP contribution >= 0.6 is 0 Å². The summed E-state index contributed by atoms with van der Waals surface area (Å²) in [5, 5.41) is 18.9. The Labute approximate surface area is 114 Å². The highest BCUT2D eigenvalue weighted by Crippen LogP contribution is 2.31. The molecular formula is C15H20N2O2. The summed E-state index contributed by atoms with van der Waals surface area (Å²) >= 11 is 0. The van der Waals surface area contributed by atoms with E-state index in [2.05, 4.69) is 11.0 Å². The van der Waals surface area contributed by atoms with Gasteiger partial charge in [0.1, 0.15) is 0 Å². The lowest BCUT2D eigenvalue weighted by Crippen LogP contribution is -2.21. The van der Waals surface area contributed by atoms with E-state index in [0.717, 1.165) is 29.9 Å². The molecular weight excluding hydrogens is 240 g/mol. The topological polar surface area (TPSA) is 56.5 Å². The molecule has 1 aromatic rings. The molecule has 1 aromatic carbocycles.